The van der Waals surface area contributed by atoms with Crippen LogP contribution in [0.25, 0.3) is 0 Å². The number of nitrogens with two attached hydrogens (primary N) is 1. The largest absolute Gasteiger partial charge is 0.354 e. The van der Waals surface area contributed by atoms with Crippen LogP contribution in [-0.4, -0.2) is 38.4 Å². The summed E-state index contributed by atoms with van der Waals surface area (Å²) in [5.74, 6) is -0.174. The number of hydrogen-bond donors (Lipinski definition) is 2. The van der Waals surface area contributed by atoms with E-state index in [1.165, 1.54) is 0 Å². The summed E-state index contributed by atoms with van der Waals surface area (Å²) in [6.45, 7) is 1.08. The fraction of sp³-hybridized carbons (Fsp3) is 0.923. The van der Waals surface area contributed by atoms with Gasteiger partial charge in [-0.15, -0.1) is 0 Å². The minimum Gasteiger partial charge on any atom is -0.354 e. The molecule has 1 atom stereocenters. The van der Waals surface area contributed by atoms with Crippen LogP contribution in [0.15, 0.2) is 0 Å². The fourth-order valence-corrected chi connectivity index (χ4v) is 5.04. The first-order valence-electron chi connectivity index (χ1n) is 7.18. The molecule has 6 heteroatoms. The molecule has 110 valence electrons. The monoisotopic (exact) mass is 288 g/mol. The second-order valence-corrected chi connectivity index (χ2v) is 8.28. The number of carbonyl (C=O) groups is 1. The summed E-state index contributed by atoms with van der Waals surface area (Å²) in [6, 6.07) is 0. The Hall–Kier alpha value is -0.620. The zero-order chi connectivity index (χ0) is 13.9. The van der Waals surface area contributed by atoms with Gasteiger partial charge in [-0.3, -0.25) is 4.79 Å². The first-order chi connectivity index (χ1) is 8.99. The number of hydrogen-bond acceptors (Lipinski definition) is 4. The maximum atomic E-state index is 12.1. The van der Waals surface area contributed by atoms with E-state index in [2.05, 4.69) is 5.32 Å². The Balaban J connectivity index is 1.94. The summed E-state index contributed by atoms with van der Waals surface area (Å²) in [5.41, 5.74) is 5.81. The lowest BCUT2D eigenvalue weighted by Gasteiger charge is -2.29. The molecule has 0 radical (unpaired) electrons. The number of sulfone groups is 1. The van der Waals surface area contributed by atoms with Crippen molar-refractivity contribution in [2.75, 3.05) is 18.8 Å². The van der Waals surface area contributed by atoms with Crippen molar-refractivity contribution in [3.63, 3.8) is 0 Å². The smallest absolute Gasteiger partial charge is 0.238 e. The van der Waals surface area contributed by atoms with Crippen molar-refractivity contribution in [2.45, 2.75) is 50.2 Å². The van der Waals surface area contributed by atoms with Crippen molar-refractivity contribution in [3.8, 4) is 0 Å². The zero-order valence-electron chi connectivity index (χ0n) is 11.4. The molecule has 1 saturated carbocycles. The van der Waals surface area contributed by atoms with Crippen LogP contribution in [-0.2, 0) is 14.6 Å². The highest BCUT2D eigenvalue weighted by atomic mass is 32.2. The van der Waals surface area contributed by atoms with Gasteiger partial charge in [-0.1, -0.05) is 19.3 Å². The molecule has 0 bridgehead atoms. The fourth-order valence-electron chi connectivity index (χ4n) is 3.22. The van der Waals surface area contributed by atoms with Gasteiger partial charge in [0.15, 0.2) is 9.84 Å². The highest BCUT2D eigenvalue weighted by molar-refractivity contribution is 7.92. The van der Waals surface area contributed by atoms with E-state index < -0.39 is 15.1 Å². The number of carbonyl (C=O) groups excluding carboxylic acids is 1. The van der Waals surface area contributed by atoms with Gasteiger partial charge in [-0.2, -0.15) is 0 Å². The molecule has 2 rings (SSSR count). The van der Waals surface area contributed by atoms with E-state index in [1.54, 1.807) is 0 Å². The van der Waals surface area contributed by atoms with Crippen LogP contribution in [0.5, 0.6) is 0 Å². The molecule has 1 aliphatic carbocycles. The summed E-state index contributed by atoms with van der Waals surface area (Å²) in [6.07, 6.45) is 6.31. The molecule has 2 fully saturated rings. The summed E-state index contributed by atoms with van der Waals surface area (Å²) in [4.78, 5) is 12.1. The molecule has 0 spiro atoms. The second kappa shape index (κ2) is 5.79. The summed E-state index contributed by atoms with van der Waals surface area (Å²) in [5, 5.41) is 2.01. The van der Waals surface area contributed by atoms with Crippen LogP contribution in [0.4, 0.5) is 0 Å². The first kappa shape index (κ1) is 14.8. The predicted octanol–water partition coefficient (Wildman–Crippen LogP) is 0.589. The normalized spacial score (nSPS) is 29.0. The van der Waals surface area contributed by atoms with Crippen LogP contribution in [0.1, 0.15) is 44.9 Å². The molecule has 19 heavy (non-hydrogen) atoms. The molecule has 1 unspecified atom stereocenters. The van der Waals surface area contributed by atoms with Gasteiger partial charge in [0.1, 0.15) is 5.25 Å². The van der Waals surface area contributed by atoms with Gasteiger partial charge in [0.25, 0.3) is 0 Å². The van der Waals surface area contributed by atoms with Crippen LogP contribution in [0.3, 0.4) is 0 Å². The molecule has 1 saturated heterocycles. The van der Waals surface area contributed by atoms with Crippen molar-refractivity contribution in [2.24, 2.45) is 11.1 Å². The molecule has 1 amide bonds. The molecule has 0 aromatic heterocycles. The summed E-state index contributed by atoms with van der Waals surface area (Å²) in [7, 11) is -3.24. The second-order valence-electron chi connectivity index (χ2n) is 5.98. The van der Waals surface area contributed by atoms with Gasteiger partial charge in [-0.25, -0.2) is 8.42 Å². The van der Waals surface area contributed by atoms with E-state index in [9.17, 15) is 13.2 Å². The van der Waals surface area contributed by atoms with E-state index in [0.717, 1.165) is 32.1 Å². The highest BCUT2D eigenvalue weighted by Crippen LogP contribution is 2.36. The van der Waals surface area contributed by atoms with Crippen molar-refractivity contribution in [1.29, 1.82) is 0 Å². The van der Waals surface area contributed by atoms with E-state index in [0.29, 0.717) is 25.9 Å². The lowest BCUT2D eigenvalue weighted by Crippen LogP contribution is -2.47. The lowest BCUT2D eigenvalue weighted by atomic mass is 9.86. The molecule has 1 heterocycles. The molecule has 5 nitrogen and oxygen atoms in total. The highest BCUT2D eigenvalue weighted by Gasteiger charge is 2.37. The number of nitrogens with one attached hydrogen (secondary N) is 1. The first-order valence-corrected chi connectivity index (χ1v) is 8.90. The van der Waals surface area contributed by atoms with E-state index in [1.807, 2.05) is 0 Å². The maximum absolute atomic E-state index is 12.1. The van der Waals surface area contributed by atoms with Gasteiger partial charge in [0.05, 0.1) is 5.75 Å². The van der Waals surface area contributed by atoms with Crippen LogP contribution in [0, 0.1) is 5.41 Å². The van der Waals surface area contributed by atoms with Crippen LogP contribution >= 0.6 is 0 Å². The standard InChI is InChI=1S/C13H24N2O3S/c14-9-13(6-2-3-7-13)10-15-12(16)11-5-1-4-8-19(11,17)18/h11H,1-10,14H2,(H,15,16). The third-order valence-electron chi connectivity index (χ3n) is 4.61. The van der Waals surface area contributed by atoms with Gasteiger partial charge in [-0.05, 0) is 37.6 Å². The molecule has 0 aromatic carbocycles. The topological polar surface area (TPSA) is 89.3 Å². The maximum Gasteiger partial charge on any atom is 0.238 e. The van der Waals surface area contributed by atoms with Crippen molar-refractivity contribution >= 4 is 15.7 Å². The zero-order valence-corrected chi connectivity index (χ0v) is 12.2. The summed E-state index contributed by atoms with van der Waals surface area (Å²) >= 11 is 0. The molecular weight excluding hydrogens is 264 g/mol. The molecular formula is C13H24N2O3S. The van der Waals surface area contributed by atoms with Gasteiger partial charge in [0, 0.05) is 6.54 Å². The molecule has 1 aliphatic heterocycles. The Labute approximate surface area is 115 Å². The molecule has 3 N–H and O–H groups in total. The van der Waals surface area contributed by atoms with Crippen LogP contribution < -0.4 is 11.1 Å². The lowest BCUT2D eigenvalue weighted by molar-refractivity contribution is -0.121. The van der Waals surface area contributed by atoms with Gasteiger partial charge >= 0.3 is 0 Å². The van der Waals surface area contributed by atoms with Crippen LogP contribution in [0.2, 0.25) is 0 Å². The Morgan fingerprint density at radius 2 is 1.89 bits per heavy atom. The SMILES string of the molecule is NCC1(CNC(=O)C2CCCCS2(=O)=O)CCCC1. The summed E-state index contributed by atoms with van der Waals surface area (Å²) < 4.78 is 23.8. The van der Waals surface area contributed by atoms with Gasteiger partial charge < -0.3 is 11.1 Å². The molecule has 2 aliphatic rings. The number of amides is 1. The average Bonchev–Trinajstić information content (AvgIpc) is 2.85. The third kappa shape index (κ3) is 3.28. The molecule has 0 aromatic rings. The van der Waals surface area contributed by atoms with E-state index in [4.69, 9.17) is 5.73 Å². The Bertz CT molecular complexity index is 427. The average molecular weight is 288 g/mol. The third-order valence-corrected chi connectivity index (χ3v) is 6.78. The number of rotatable bonds is 4. The minimum atomic E-state index is -3.24. The Morgan fingerprint density at radius 1 is 1.21 bits per heavy atom. The predicted molar refractivity (Wildman–Crippen MR) is 74.4 cm³/mol. The van der Waals surface area contributed by atoms with Crippen molar-refractivity contribution < 1.29 is 13.2 Å². The Kier molecular flexibility index (Phi) is 4.50. The van der Waals surface area contributed by atoms with Crippen molar-refractivity contribution in [3.05, 3.63) is 0 Å². The van der Waals surface area contributed by atoms with Gasteiger partial charge in [0.2, 0.25) is 5.91 Å². The Morgan fingerprint density at radius 3 is 2.47 bits per heavy atom. The van der Waals surface area contributed by atoms with E-state index >= 15 is 0 Å². The minimum absolute atomic E-state index is 0.00586. The van der Waals surface area contributed by atoms with Crippen molar-refractivity contribution in [1.82, 2.24) is 5.32 Å². The van der Waals surface area contributed by atoms with E-state index in [-0.39, 0.29) is 17.1 Å². The quantitative estimate of drug-likeness (QED) is 0.792.